The van der Waals surface area contributed by atoms with Gasteiger partial charge in [-0.15, -0.1) is 0 Å². The zero-order valence-electron chi connectivity index (χ0n) is 11.2. The topological polar surface area (TPSA) is 23.9 Å². The van der Waals surface area contributed by atoms with Crippen LogP contribution in [-0.4, -0.2) is 5.71 Å². The minimum atomic E-state index is 0.451. The Hall–Kier alpha value is -0.590. The van der Waals surface area contributed by atoms with Gasteiger partial charge in [-0.3, -0.25) is 0 Å². The van der Waals surface area contributed by atoms with Gasteiger partial charge in [0.15, 0.2) is 0 Å². The molecular formula is C15H27N. The summed E-state index contributed by atoms with van der Waals surface area (Å²) < 4.78 is 0. The molecule has 2 atom stereocenters. The first-order valence-corrected chi connectivity index (χ1v) is 6.89. The van der Waals surface area contributed by atoms with E-state index in [1.54, 1.807) is 0 Å². The first-order valence-electron chi connectivity index (χ1n) is 6.89. The summed E-state index contributed by atoms with van der Waals surface area (Å²) in [6.07, 6.45) is 11.4. The van der Waals surface area contributed by atoms with Crippen LogP contribution in [0.4, 0.5) is 0 Å². The van der Waals surface area contributed by atoms with Crippen molar-refractivity contribution < 1.29 is 0 Å². The lowest BCUT2D eigenvalue weighted by Gasteiger charge is -2.26. The lowest BCUT2D eigenvalue weighted by atomic mass is 9.79. The van der Waals surface area contributed by atoms with Crippen LogP contribution in [0.1, 0.15) is 65.7 Å². The normalized spacial score (nSPS) is 29.8. The van der Waals surface area contributed by atoms with Crippen molar-refractivity contribution in [1.82, 2.24) is 0 Å². The molecule has 16 heavy (non-hydrogen) atoms. The molecule has 0 aromatic heterocycles. The van der Waals surface area contributed by atoms with Crippen LogP contribution in [0.5, 0.6) is 0 Å². The van der Waals surface area contributed by atoms with Crippen molar-refractivity contribution in [1.29, 1.82) is 5.41 Å². The van der Waals surface area contributed by atoms with E-state index < -0.39 is 0 Å². The van der Waals surface area contributed by atoms with E-state index >= 15 is 0 Å². The number of allylic oxidation sites excluding steroid dienone is 2. The smallest absolute Gasteiger partial charge is 0.0172 e. The van der Waals surface area contributed by atoms with E-state index in [2.05, 4.69) is 19.9 Å². The Morgan fingerprint density at radius 3 is 2.69 bits per heavy atom. The fourth-order valence-corrected chi connectivity index (χ4v) is 3.02. The molecule has 1 aliphatic carbocycles. The Labute approximate surface area is 101 Å². The quantitative estimate of drug-likeness (QED) is 0.514. The van der Waals surface area contributed by atoms with E-state index in [0.29, 0.717) is 5.92 Å². The van der Waals surface area contributed by atoms with Crippen molar-refractivity contribution in [2.75, 3.05) is 0 Å². The van der Waals surface area contributed by atoms with Crippen LogP contribution in [0.25, 0.3) is 0 Å². The van der Waals surface area contributed by atoms with Crippen LogP contribution >= 0.6 is 0 Å². The molecule has 0 radical (unpaired) electrons. The van der Waals surface area contributed by atoms with Crippen LogP contribution in [0.3, 0.4) is 0 Å². The number of hydrogen-bond acceptors (Lipinski definition) is 1. The molecule has 1 N–H and O–H groups in total. The van der Waals surface area contributed by atoms with Crippen LogP contribution in [-0.2, 0) is 0 Å². The lowest BCUT2D eigenvalue weighted by molar-refractivity contribution is 0.370. The Kier molecular flexibility index (Phi) is 5.79. The molecular weight excluding hydrogens is 194 g/mol. The highest BCUT2D eigenvalue weighted by atomic mass is 14.4. The third-order valence-corrected chi connectivity index (χ3v) is 3.98. The van der Waals surface area contributed by atoms with Gasteiger partial charge in [-0.2, -0.15) is 0 Å². The van der Waals surface area contributed by atoms with Gasteiger partial charge in [0.05, 0.1) is 0 Å². The van der Waals surface area contributed by atoms with Gasteiger partial charge >= 0.3 is 0 Å². The van der Waals surface area contributed by atoms with Gasteiger partial charge in [-0.05, 0) is 39.0 Å². The largest absolute Gasteiger partial charge is 0.309 e. The second kappa shape index (κ2) is 6.88. The van der Waals surface area contributed by atoms with E-state index in [1.165, 1.54) is 50.5 Å². The molecule has 92 valence electrons. The van der Waals surface area contributed by atoms with Gasteiger partial charge in [0, 0.05) is 11.6 Å². The fraction of sp³-hybridized carbons (Fsp3) is 0.800. The number of hydrogen-bond donors (Lipinski definition) is 1. The summed E-state index contributed by atoms with van der Waals surface area (Å²) in [5, 5.41) is 7.88. The second-order valence-corrected chi connectivity index (χ2v) is 5.22. The molecule has 1 saturated carbocycles. The van der Waals surface area contributed by atoms with E-state index in [4.69, 9.17) is 5.41 Å². The Bertz CT molecular complexity index is 252. The van der Waals surface area contributed by atoms with Crippen LogP contribution in [0, 0.1) is 17.2 Å². The third kappa shape index (κ3) is 3.77. The molecule has 1 aliphatic rings. The van der Waals surface area contributed by atoms with Crippen LogP contribution < -0.4 is 0 Å². The summed E-state index contributed by atoms with van der Waals surface area (Å²) in [5.41, 5.74) is 2.38. The fourth-order valence-electron chi connectivity index (χ4n) is 3.02. The predicted octanol–water partition coefficient (Wildman–Crippen LogP) is 4.97. The van der Waals surface area contributed by atoms with Crippen molar-refractivity contribution in [2.45, 2.75) is 65.7 Å². The molecule has 0 aliphatic heterocycles. The number of nitrogens with one attached hydrogen (secondary N) is 1. The molecule has 0 amide bonds. The summed E-state index contributed by atoms with van der Waals surface area (Å²) in [6.45, 7) is 6.40. The van der Waals surface area contributed by atoms with Gasteiger partial charge in [0.1, 0.15) is 0 Å². The average molecular weight is 221 g/mol. The van der Waals surface area contributed by atoms with E-state index in [9.17, 15) is 0 Å². The Balaban J connectivity index is 2.62. The molecule has 1 rings (SSSR count). The van der Waals surface area contributed by atoms with Gasteiger partial charge in [-0.25, -0.2) is 0 Å². The minimum Gasteiger partial charge on any atom is -0.309 e. The zero-order valence-corrected chi connectivity index (χ0v) is 11.2. The van der Waals surface area contributed by atoms with E-state index in [0.717, 1.165) is 11.6 Å². The molecule has 0 bridgehead atoms. The van der Waals surface area contributed by atoms with E-state index in [-0.39, 0.29) is 0 Å². The van der Waals surface area contributed by atoms with Gasteiger partial charge in [0.25, 0.3) is 0 Å². The molecule has 1 heteroatoms. The van der Waals surface area contributed by atoms with Crippen molar-refractivity contribution in [2.24, 2.45) is 11.8 Å². The monoisotopic (exact) mass is 221 g/mol. The predicted molar refractivity (Wildman–Crippen MR) is 72.1 cm³/mol. The molecule has 1 nitrogen and oxygen atoms in total. The summed E-state index contributed by atoms with van der Waals surface area (Å²) in [6, 6.07) is 0. The standard InChI is InChI=1S/C15H27N/c1-4-7-13-8-6-9-15(12(3)16)14(5-2)11-10-13/h5,13,15-16H,4,6-11H2,1-3H3/b14-5-,16-12?. The van der Waals surface area contributed by atoms with E-state index in [1.807, 2.05) is 6.92 Å². The maximum Gasteiger partial charge on any atom is 0.0172 e. The van der Waals surface area contributed by atoms with Gasteiger partial charge < -0.3 is 5.41 Å². The zero-order chi connectivity index (χ0) is 12.0. The molecule has 0 spiro atoms. The Morgan fingerprint density at radius 2 is 2.12 bits per heavy atom. The first kappa shape index (κ1) is 13.5. The molecule has 0 heterocycles. The summed E-state index contributed by atoms with van der Waals surface area (Å²) >= 11 is 0. The summed E-state index contributed by atoms with van der Waals surface area (Å²) in [4.78, 5) is 0. The molecule has 0 aromatic carbocycles. The van der Waals surface area contributed by atoms with Crippen molar-refractivity contribution in [3.05, 3.63) is 11.6 Å². The van der Waals surface area contributed by atoms with Gasteiger partial charge in [0.2, 0.25) is 0 Å². The molecule has 0 aromatic rings. The highest BCUT2D eigenvalue weighted by Gasteiger charge is 2.20. The highest BCUT2D eigenvalue weighted by molar-refractivity contribution is 5.83. The average Bonchev–Trinajstić information content (AvgIpc) is 2.22. The molecule has 1 fully saturated rings. The van der Waals surface area contributed by atoms with Gasteiger partial charge in [-0.1, -0.05) is 44.3 Å². The Morgan fingerprint density at radius 1 is 1.38 bits per heavy atom. The maximum absolute atomic E-state index is 7.88. The maximum atomic E-state index is 7.88. The summed E-state index contributed by atoms with van der Waals surface area (Å²) in [5.74, 6) is 1.39. The minimum absolute atomic E-state index is 0.451. The van der Waals surface area contributed by atoms with Crippen molar-refractivity contribution in [3.8, 4) is 0 Å². The number of rotatable bonds is 3. The first-order chi connectivity index (χ1) is 7.69. The second-order valence-electron chi connectivity index (χ2n) is 5.22. The van der Waals surface area contributed by atoms with Crippen molar-refractivity contribution >= 4 is 5.71 Å². The van der Waals surface area contributed by atoms with Crippen molar-refractivity contribution in [3.63, 3.8) is 0 Å². The third-order valence-electron chi connectivity index (χ3n) is 3.98. The highest BCUT2D eigenvalue weighted by Crippen LogP contribution is 2.32. The SMILES string of the molecule is C/C=C1/CCC(CCC)CCCC1C(C)=N. The van der Waals surface area contributed by atoms with Crippen LogP contribution in [0.15, 0.2) is 11.6 Å². The lowest BCUT2D eigenvalue weighted by Crippen LogP contribution is -2.17. The summed E-state index contributed by atoms with van der Waals surface area (Å²) in [7, 11) is 0. The molecule has 0 saturated heterocycles. The van der Waals surface area contributed by atoms with Crippen LogP contribution in [0.2, 0.25) is 0 Å². The molecule has 2 unspecified atom stereocenters.